The molecule has 0 bridgehead atoms. The topological polar surface area (TPSA) is 49.9 Å². The molecule has 0 heterocycles. The number of allylic oxidation sites excluding steroid dienone is 1. The zero-order chi connectivity index (χ0) is 5.70. The largest absolute Gasteiger partial charge is 0.384 e. The van der Waals surface area contributed by atoms with Gasteiger partial charge in [-0.05, 0) is 12.5 Å². The van der Waals surface area contributed by atoms with Crippen molar-refractivity contribution in [2.75, 3.05) is 0 Å². The van der Waals surface area contributed by atoms with Crippen LogP contribution in [0.2, 0.25) is 0 Å². The fourth-order valence-corrected chi connectivity index (χ4v) is 0.245. The lowest BCUT2D eigenvalue weighted by molar-refractivity contribution is 1.22. The van der Waals surface area contributed by atoms with Gasteiger partial charge in [-0.2, -0.15) is 0 Å². The molecule has 0 spiro atoms. The molecule has 0 rings (SSSR count). The third-order valence-corrected chi connectivity index (χ3v) is 0.533. The van der Waals surface area contributed by atoms with Crippen molar-refractivity contribution in [2.24, 2.45) is 5.73 Å². The molecule has 0 fully saturated rings. The minimum absolute atomic E-state index is 0.127. The van der Waals surface area contributed by atoms with Gasteiger partial charge in [0, 0.05) is 0 Å². The molecule has 0 aliphatic rings. The zero-order valence-corrected chi connectivity index (χ0v) is 4.44. The summed E-state index contributed by atoms with van der Waals surface area (Å²) in [4.78, 5) is 0. The molecule has 0 amide bonds. The van der Waals surface area contributed by atoms with E-state index >= 15 is 0 Å². The van der Waals surface area contributed by atoms with Gasteiger partial charge in [0.2, 0.25) is 0 Å². The lowest BCUT2D eigenvalue weighted by Crippen LogP contribution is -2.03. The molecule has 0 radical (unpaired) electrons. The third kappa shape index (κ3) is 5.21. The average Bonchev–Trinajstić information content (AvgIpc) is 1.61. The molecule has 0 saturated carbocycles. The highest BCUT2D eigenvalue weighted by Crippen LogP contribution is 1.75. The van der Waals surface area contributed by atoms with Crippen molar-refractivity contribution in [3.63, 3.8) is 0 Å². The molecule has 0 atom stereocenters. The van der Waals surface area contributed by atoms with E-state index in [1.165, 1.54) is 0 Å². The third-order valence-electron chi connectivity index (χ3n) is 0.533. The van der Waals surface area contributed by atoms with E-state index in [0.29, 0.717) is 0 Å². The number of rotatable bonds is 2. The Morgan fingerprint density at radius 2 is 2.43 bits per heavy atom. The molecule has 0 saturated heterocycles. The molecule has 40 valence electrons. The van der Waals surface area contributed by atoms with Gasteiger partial charge < -0.3 is 5.73 Å². The summed E-state index contributed by atoms with van der Waals surface area (Å²) in [6, 6.07) is 0. The van der Waals surface area contributed by atoms with Crippen LogP contribution in [0.25, 0.3) is 0 Å². The predicted octanol–water partition coefficient (Wildman–Crippen LogP) is 0.889. The van der Waals surface area contributed by atoms with E-state index in [-0.39, 0.29) is 5.84 Å². The maximum atomic E-state index is 6.69. The van der Waals surface area contributed by atoms with E-state index < -0.39 is 0 Å². The SMILES string of the molecule is CCC=CC(=N)N. The first-order valence-electron chi connectivity index (χ1n) is 2.28. The van der Waals surface area contributed by atoms with Crippen LogP contribution >= 0.6 is 0 Å². The highest BCUT2D eigenvalue weighted by molar-refractivity contribution is 5.88. The van der Waals surface area contributed by atoms with E-state index in [0.717, 1.165) is 6.42 Å². The summed E-state index contributed by atoms with van der Waals surface area (Å²) in [7, 11) is 0. The lowest BCUT2D eigenvalue weighted by Gasteiger charge is -1.78. The Kier molecular flexibility index (Phi) is 3.02. The van der Waals surface area contributed by atoms with Crippen molar-refractivity contribution in [1.82, 2.24) is 0 Å². The van der Waals surface area contributed by atoms with Crippen LogP contribution < -0.4 is 5.73 Å². The lowest BCUT2D eigenvalue weighted by atomic mass is 10.4. The highest BCUT2D eigenvalue weighted by Gasteiger charge is 1.70. The fourth-order valence-electron chi connectivity index (χ4n) is 0.245. The summed E-state index contributed by atoms with van der Waals surface area (Å²) < 4.78 is 0. The van der Waals surface area contributed by atoms with E-state index in [2.05, 4.69) is 0 Å². The van der Waals surface area contributed by atoms with Crippen molar-refractivity contribution in [1.29, 1.82) is 5.41 Å². The van der Waals surface area contributed by atoms with Crippen LogP contribution in [0.4, 0.5) is 0 Å². The van der Waals surface area contributed by atoms with Gasteiger partial charge in [-0.15, -0.1) is 0 Å². The van der Waals surface area contributed by atoms with E-state index in [4.69, 9.17) is 11.1 Å². The van der Waals surface area contributed by atoms with E-state index in [9.17, 15) is 0 Å². The van der Waals surface area contributed by atoms with Crippen molar-refractivity contribution in [3.05, 3.63) is 12.2 Å². The smallest absolute Gasteiger partial charge is 0.114 e. The van der Waals surface area contributed by atoms with Gasteiger partial charge in [0.25, 0.3) is 0 Å². The molecule has 0 aliphatic heterocycles. The number of hydrogen-bond donors (Lipinski definition) is 2. The molecule has 7 heavy (non-hydrogen) atoms. The van der Waals surface area contributed by atoms with Gasteiger partial charge in [0.05, 0.1) is 0 Å². The number of nitrogens with one attached hydrogen (secondary N) is 1. The second-order valence-electron chi connectivity index (χ2n) is 1.27. The maximum absolute atomic E-state index is 6.69. The zero-order valence-electron chi connectivity index (χ0n) is 4.44. The summed E-state index contributed by atoms with van der Waals surface area (Å²) in [6.45, 7) is 2.00. The normalized spacial score (nSPS) is 9.86. The fraction of sp³-hybridized carbons (Fsp3) is 0.400. The Bertz CT molecular complexity index is 84.1. The second kappa shape index (κ2) is 3.40. The van der Waals surface area contributed by atoms with Gasteiger partial charge in [-0.3, -0.25) is 5.41 Å². The first kappa shape index (κ1) is 6.21. The summed E-state index contributed by atoms with van der Waals surface area (Å²) in [5.74, 6) is 0.127. The Morgan fingerprint density at radius 3 is 2.57 bits per heavy atom. The van der Waals surface area contributed by atoms with Gasteiger partial charge in [-0.1, -0.05) is 13.0 Å². The highest BCUT2D eigenvalue weighted by atomic mass is 14.7. The molecule has 0 aromatic heterocycles. The second-order valence-corrected chi connectivity index (χ2v) is 1.27. The Labute approximate surface area is 43.5 Å². The Morgan fingerprint density at radius 1 is 1.86 bits per heavy atom. The number of nitrogens with two attached hydrogens (primary N) is 1. The molecule has 0 unspecified atom stereocenters. The van der Waals surface area contributed by atoms with Gasteiger partial charge >= 0.3 is 0 Å². The van der Waals surface area contributed by atoms with Crippen LogP contribution in [0.15, 0.2) is 12.2 Å². The number of amidine groups is 1. The molecule has 2 heteroatoms. The van der Waals surface area contributed by atoms with Crippen molar-refractivity contribution in [2.45, 2.75) is 13.3 Å². The molecule has 0 aromatic carbocycles. The summed E-state index contributed by atoms with van der Waals surface area (Å²) in [5.41, 5.74) is 4.97. The van der Waals surface area contributed by atoms with Gasteiger partial charge in [0.1, 0.15) is 5.84 Å². The Hall–Kier alpha value is -0.790. The summed E-state index contributed by atoms with van der Waals surface area (Å²) >= 11 is 0. The van der Waals surface area contributed by atoms with Gasteiger partial charge in [0.15, 0.2) is 0 Å². The molecule has 0 aliphatic carbocycles. The minimum atomic E-state index is 0.127. The van der Waals surface area contributed by atoms with Crippen LogP contribution in [-0.4, -0.2) is 5.84 Å². The van der Waals surface area contributed by atoms with Crippen LogP contribution in [0.1, 0.15) is 13.3 Å². The first-order valence-corrected chi connectivity index (χ1v) is 2.28. The average molecular weight is 98.1 g/mol. The number of hydrogen-bond acceptors (Lipinski definition) is 1. The maximum Gasteiger partial charge on any atom is 0.114 e. The van der Waals surface area contributed by atoms with Gasteiger partial charge in [-0.25, -0.2) is 0 Å². The van der Waals surface area contributed by atoms with E-state index in [1.807, 2.05) is 13.0 Å². The van der Waals surface area contributed by atoms with Crippen molar-refractivity contribution >= 4 is 5.84 Å². The molecular formula is C5H10N2. The van der Waals surface area contributed by atoms with Crippen LogP contribution in [0.5, 0.6) is 0 Å². The molecule has 0 aromatic rings. The van der Waals surface area contributed by atoms with Crippen LogP contribution in [0, 0.1) is 5.41 Å². The van der Waals surface area contributed by atoms with E-state index in [1.54, 1.807) is 6.08 Å². The van der Waals surface area contributed by atoms with Crippen LogP contribution in [0.3, 0.4) is 0 Å². The minimum Gasteiger partial charge on any atom is -0.384 e. The predicted molar refractivity (Wildman–Crippen MR) is 31.3 cm³/mol. The monoisotopic (exact) mass is 98.1 g/mol. The molecular weight excluding hydrogens is 88.1 g/mol. The first-order chi connectivity index (χ1) is 3.27. The quantitative estimate of drug-likeness (QED) is 0.391. The standard InChI is InChI=1S/C5H10N2/c1-2-3-4-5(6)7/h3-4H,2H2,1H3,(H3,6,7). The molecule has 3 N–H and O–H groups in total. The van der Waals surface area contributed by atoms with Crippen molar-refractivity contribution in [3.8, 4) is 0 Å². The van der Waals surface area contributed by atoms with Crippen molar-refractivity contribution < 1.29 is 0 Å². The summed E-state index contributed by atoms with van der Waals surface area (Å²) in [6.07, 6.45) is 4.38. The summed E-state index contributed by atoms with van der Waals surface area (Å²) in [5, 5.41) is 6.69. The van der Waals surface area contributed by atoms with Crippen LogP contribution in [-0.2, 0) is 0 Å². The molecule has 2 nitrogen and oxygen atoms in total. The Balaban J connectivity index is 3.26.